The fourth-order valence-corrected chi connectivity index (χ4v) is 2.50. The van der Waals surface area contributed by atoms with Gasteiger partial charge in [-0.2, -0.15) is 0 Å². The van der Waals surface area contributed by atoms with Crippen LogP contribution in [0.5, 0.6) is 5.75 Å². The summed E-state index contributed by atoms with van der Waals surface area (Å²) in [6.45, 7) is 7.92. The number of rotatable bonds is 5. The Labute approximate surface area is 110 Å². The van der Waals surface area contributed by atoms with Crippen molar-refractivity contribution in [2.75, 3.05) is 26.2 Å². The van der Waals surface area contributed by atoms with Crippen molar-refractivity contribution in [1.29, 1.82) is 0 Å². The Morgan fingerprint density at radius 3 is 2.67 bits per heavy atom. The monoisotopic (exact) mass is 248 g/mol. The van der Waals surface area contributed by atoms with Crippen LogP contribution in [0.1, 0.15) is 24.0 Å². The summed E-state index contributed by atoms with van der Waals surface area (Å²) in [7, 11) is 0. The molecule has 18 heavy (non-hydrogen) atoms. The molecule has 1 atom stereocenters. The number of benzene rings is 1. The highest BCUT2D eigenvalue weighted by molar-refractivity contribution is 5.38. The van der Waals surface area contributed by atoms with Crippen molar-refractivity contribution in [2.24, 2.45) is 5.73 Å². The Hall–Kier alpha value is -1.06. The van der Waals surface area contributed by atoms with Gasteiger partial charge in [0.05, 0.1) is 6.04 Å². The zero-order valence-electron chi connectivity index (χ0n) is 11.5. The zero-order valence-corrected chi connectivity index (χ0v) is 11.5. The van der Waals surface area contributed by atoms with E-state index >= 15 is 0 Å². The van der Waals surface area contributed by atoms with Crippen molar-refractivity contribution in [1.82, 2.24) is 4.90 Å². The molecule has 0 radical (unpaired) electrons. The minimum Gasteiger partial charge on any atom is -0.492 e. The Morgan fingerprint density at radius 2 is 2.00 bits per heavy atom. The summed E-state index contributed by atoms with van der Waals surface area (Å²) in [5, 5.41) is 0. The van der Waals surface area contributed by atoms with Gasteiger partial charge in [0.15, 0.2) is 0 Å². The van der Waals surface area contributed by atoms with E-state index in [4.69, 9.17) is 10.5 Å². The van der Waals surface area contributed by atoms with E-state index in [2.05, 4.69) is 24.8 Å². The molecule has 1 aromatic rings. The molecule has 1 unspecified atom stereocenters. The van der Waals surface area contributed by atoms with Gasteiger partial charge in [-0.25, -0.2) is 0 Å². The average molecular weight is 248 g/mol. The highest BCUT2D eigenvalue weighted by Gasteiger charge is 2.21. The Bertz CT molecular complexity index is 386. The Morgan fingerprint density at radius 1 is 1.28 bits per heavy atom. The van der Waals surface area contributed by atoms with Crippen LogP contribution >= 0.6 is 0 Å². The predicted octanol–water partition coefficient (Wildman–Crippen LogP) is 2.11. The molecule has 1 aliphatic rings. The lowest BCUT2D eigenvalue weighted by atomic mass is 10.1. The summed E-state index contributed by atoms with van der Waals surface area (Å²) >= 11 is 0. The van der Waals surface area contributed by atoms with E-state index < -0.39 is 0 Å². The topological polar surface area (TPSA) is 38.5 Å². The van der Waals surface area contributed by atoms with Crippen molar-refractivity contribution in [3.8, 4) is 5.75 Å². The third-order valence-electron chi connectivity index (χ3n) is 3.92. The third-order valence-corrected chi connectivity index (χ3v) is 3.92. The minimum absolute atomic E-state index is 0.354. The molecule has 1 heterocycles. The molecule has 3 nitrogen and oxygen atoms in total. The summed E-state index contributed by atoms with van der Waals surface area (Å²) in [5.41, 5.74) is 8.37. The number of nitrogens with zero attached hydrogens (tertiary/aromatic N) is 1. The standard InChI is InChI=1S/C15H24N2O/c1-12-6-5-7-15(13(12)2)18-11-14(10-16)17-8-3-4-9-17/h5-7,14H,3-4,8-11,16H2,1-2H3. The van der Waals surface area contributed by atoms with E-state index in [1.807, 2.05) is 12.1 Å². The van der Waals surface area contributed by atoms with Gasteiger partial charge in [-0.3, -0.25) is 4.90 Å². The summed E-state index contributed by atoms with van der Waals surface area (Å²) in [4.78, 5) is 2.45. The number of nitrogens with two attached hydrogens (primary N) is 1. The number of likely N-dealkylation sites (tertiary alicyclic amines) is 1. The molecule has 1 saturated heterocycles. The van der Waals surface area contributed by atoms with Crippen LogP contribution in [0.15, 0.2) is 18.2 Å². The summed E-state index contributed by atoms with van der Waals surface area (Å²) in [6.07, 6.45) is 2.58. The van der Waals surface area contributed by atoms with Gasteiger partial charge in [0.2, 0.25) is 0 Å². The minimum atomic E-state index is 0.354. The van der Waals surface area contributed by atoms with Crippen LogP contribution in [0.3, 0.4) is 0 Å². The molecule has 0 aliphatic carbocycles. The molecule has 2 rings (SSSR count). The lowest BCUT2D eigenvalue weighted by Gasteiger charge is -2.26. The molecule has 100 valence electrons. The maximum atomic E-state index is 5.96. The van der Waals surface area contributed by atoms with Crippen molar-refractivity contribution in [2.45, 2.75) is 32.7 Å². The van der Waals surface area contributed by atoms with Crippen LogP contribution < -0.4 is 10.5 Å². The normalized spacial score (nSPS) is 17.9. The first kappa shape index (κ1) is 13.4. The van der Waals surface area contributed by atoms with E-state index in [0.717, 1.165) is 18.8 Å². The number of ether oxygens (including phenoxy) is 1. The highest BCUT2D eigenvalue weighted by Crippen LogP contribution is 2.21. The zero-order chi connectivity index (χ0) is 13.0. The molecule has 2 N–H and O–H groups in total. The van der Waals surface area contributed by atoms with Crippen LogP contribution in [0.4, 0.5) is 0 Å². The van der Waals surface area contributed by atoms with Crippen molar-refractivity contribution in [3.63, 3.8) is 0 Å². The highest BCUT2D eigenvalue weighted by atomic mass is 16.5. The fraction of sp³-hybridized carbons (Fsp3) is 0.600. The van der Waals surface area contributed by atoms with Crippen molar-refractivity contribution >= 4 is 0 Å². The van der Waals surface area contributed by atoms with E-state index in [1.54, 1.807) is 0 Å². The molecule has 0 aromatic heterocycles. The van der Waals surface area contributed by atoms with Gasteiger partial charge >= 0.3 is 0 Å². The van der Waals surface area contributed by atoms with Crippen molar-refractivity contribution < 1.29 is 4.74 Å². The van der Waals surface area contributed by atoms with E-state index in [9.17, 15) is 0 Å². The largest absolute Gasteiger partial charge is 0.492 e. The van der Waals surface area contributed by atoms with Crippen LogP contribution in [0, 0.1) is 13.8 Å². The molecular formula is C15H24N2O. The predicted molar refractivity (Wildman–Crippen MR) is 75.1 cm³/mol. The molecule has 0 spiro atoms. The Balaban J connectivity index is 1.94. The molecule has 0 bridgehead atoms. The van der Waals surface area contributed by atoms with Crippen LogP contribution in [0.2, 0.25) is 0 Å². The van der Waals surface area contributed by atoms with Gasteiger partial charge in [0, 0.05) is 6.54 Å². The van der Waals surface area contributed by atoms with Gasteiger partial charge in [-0.15, -0.1) is 0 Å². The summed E-state index contributed by atoms with van der Waals surface area (Å²) in [5.74, 6) is 0.993. The fourth-order valence-electron chi connectivity index (χ4n) is 2.50. The smallest absolute Gasteiger partial charge is 0.122 e. The van der Waals surface area contributed by atoms with Crippen LogP contribution in [-0.4, -0.2) is 37.2 Å². The third kappa shape index (κ3) is 3.03. The first-order valence-electron chi connectivity index (χ1n) is 6.85. The second kappa shape index (κ2) is 6.21. The SMILES string of the molecule is Cc1cccc(OCC(CN)N2CCCC2)c1C. The van der Waals surface area contributed by atoms with E-state index in [0.29, 0.717) is 19.2 Å². The van der Waals surface area contributed by atoms with Gasteiger partial charge in [-0.05, 0) is 57.0 Å². The maximum Gasteiger partial charge on any atom is 0.122 e. The number of hydrogen-bond acceptors (Lipinski definition) is 3. The summed E-state index contributed by atoms with van der Waals surface area (Å²) < 4.78 is 5.96. The first-order chi connectivity index (χ1) is 8.72. The van der Waals surface area contributed by atoms with Gasteiger partial charge in [-0.1, -0.05) is 12.1 Å². The molecular weight excluding hydrogens is 224 g/mol. The molecule has 3 heteroatoms. The molecule has 1 fully saturated rings. The van der Waals surface area contributed by atoms with E-state index in [-0.39, 0.29) is 0 Å². The van der Waals surface area contributed by atoms with Gasteiger partial charge in [0.1, 0.15) is 12.4 Å². The molecule has 1 aliphatic heterocycles. The Kier molecular flexibility index (Phi) is 4.61. The second-order valence-corrected chi connectivity index (χ2v) is 5.14. The maximum absolute atomic E-state index is 5.96. The first-order valence-corrected chi connectivity index (χ1v) is 6.85. The van der Waals surface area contributed by atoms with E-state index in [1.165, 1.54) is 24.0 Å². The molecule has 0 amide bonds. The lowest BCUT2D eigenvalue weighted by molar-refractivity contribution is 0.164. The molecule has 0 saturated carbocycles. The van der Waals surface area contributed by atoms with Crippen LogP contribution in [-0.2, 0) is 0 Å². The van der Waals surface area contributed by atoms with Crippen molar-refractivity contribution in [3.05, 3.63) is 29.3 Å². The molecule has 1 aromatic carbocycles. The average Bonchev–Trinajstić information content (AvgIpc) is 2.89. The number of hydrogen-bond donors (Lipinski definition) is 1. The lowest BCUT2D eigenvalue weighted by Crippen LogP contribution is -2.42. The van der Waals surface area contributed by atoms with Crippen LogP contribution in [0.25, 0.3) is 0 Å². The quantitative estimate of drug-likeness (QED) is 0.867. The van der Waals surface area contributed by atoms with Gasteiger partial charge in [0.25, 0.3) is 0 Å². The summed E-state index contributed by atoms with van der Waals surface area (Å²) in [6, 6.07) is 6.56. The van der Waals surface area contributed by atoms with Gasteiger partial charge < -0.3 is 10.5 Å². The number of aryl methyl sites for hydroxylation is 1. The second-order valence-electron chi connectivity index (χ2n) is 5.14.